The summed E-state index contributed by atoms with van der Waals surface area (Å²) in [5.41, 5.74) is 2.45. The van der Waals surface area contributed by atoms with Gasteiger partial charge in [0.1, 0.15) is 5.75 Å². The number of aryl methyl sites for hydroxylation is 1. The van der Waals surface area contributed by atoms with Gasteiger partial charge in [-0.25, -0.2) is 15.0 Å². The predicted octanol–water partition coefficient (Wildman–Crippen LogP) is 5.54. The largest absolute Gasteiger partial charge is 0.437 e. The Labute approximate surface area is 230 Å². The van der Waals surface area contributed by atoms with Crippen molar-refractivity contribution in [1.82, 2.24) is 20.3 Å². The van der Waals surface area contributed by atoms with Gasteiger partial charge in [-0.05, 0) is 55.6 Å². The summed E-state index contributed by atoms with van der Waals surface area (Å²) in [5.74, 6) is 1.93. The second-order valence-electron chi connectivity index (χ2n) is 10.1. The fraction of sp³-hybridized carbons (Fsp3) is 0.345. The van der Waals surface area contributed by atoms with Crippen molar-refractivity contribution in [2.24, 2.45) is 5.92 Å². The van der Waals surface area contributed by atoms with Gasteiger partial charge in [0.25, 0.3) is 0 Å². The molecular formula is C29H31F3N6O2. The number of aliphatic hydroxyl groups excluding tert-OH is 1. The molecule has 0 radical (unpaired) electrons. The van der Waals surface area contributed by atoms with E-state index >= 15 is 0 Å². The van der Waals surface area contributed by atoms with Crippen LogP contribution in [-0.4, -0.2) is 58.0 Å². The number of benzene rings is 2. The second kappa shape index (κ2) is 11.6. The fourth-order valence-electron chi connectivity index (χ4n) is 4.88. The maximum Gasteiger partial charge on any atom is 0.416 e. The molecule has 2 aromatic carbocycles. The Hall–Kier alpha value is -3.96. The van der Waals surface area contributed by atoms with Gasteiger partial charge in [-0.1, -0.05) is 31.2 Å². The van der Waals surface area contributed by atoms with Crippen molar-refractivity contribution in [3.8, 4) is 22.9 Å². The molecular weight excluding hydrogens is 521 g/mol. The highest BCUT2D eigenvalue weighted by molar-refractivity contribution is 5.99. The number of rotatable bonds is 8. The molecule has 3 heterocycles. The Morgan fingerprint density at radius 1 is 1.07 bits per heavy atom. The van der Waals surface area contributed by atoms with Crippen molar-refractivity contribution < 1.29 is 23.0 Å². The summed E-state index contributed by atoms with van der Waals surface area (Å²) in [6.07, 6.45) is -2.85. The highest BCUT2D eigenvalue weighted by atomic mass is 19.4. The summed E-state index contributed by atoms with van der Waals surface area (Å²) in [4.78, 5) is 13.6. The zero-order valence-electron chi connectivity index (χ0n) is 22.2. The van der Waals surface area contributed by atoms with Gasteiger partial charge in [0.15, 0.2) is 6.10 Å². The molecule has 0 spiro atoms. The number of hydrogen-bond donors (Lipinski definition) is 4. The molecule has 0 aliphatic carbocycles. The van der Waals surface area contributed by atoms with Gasteiger partial charge in [0.05, 0.1) is 11.3 Å². The van der Waals surface area contributed by atoms with Crippen molar-refractivity contribution >= 4 is 22.4 Å². The van der Waals surface area contributed by atoms with Crippen molar-refractivity contribution in [2.45, 2.75) is 38.6 Å². The lowest BCUT2D eigenvalue weighted by Crippen LogP contribution is -2.42. The van der Waals surface area contributed by atoms with E-state index in [0.29, 0.717) is 56.8 Å². The van der Waals surface area contributed by atoms with E-state index in [-0.39, 0.29) is 6.04 Å². The molecule has 2 aromatic heterocycles. The number of anilines is 2. The number of ether oxygens (including phenoxy) is 1. The number of hydrogen-bond acceptors (Lipinski definition) is 8. The minimum atomic E-state index is -4.71. The van der Waals surface area contributed by atoms with Gasteiger partial charge in [0.2, 0.25) is 11.8 Å². The van der Waals surface area contributed by atoms with Crippen molar-refractivity contribution in [2.75, 3.05) is 30.3 Å². The fourth-order valence-corrected chi connectivity index (χ4v) is 4.88. The molecule has 8 nitrogen and oxygen atoms in total. The van der Waals surface area contributed by atoms with Crippen LogP contribution in [0.2, 0.25) is 0 Å². The Morgan fingerprint density at radius 3 is 2.65 bits per heavy atom. The second-order valence-corrected chi connectivity index (χ2v) is 10.1. The SMILES string of the molecule is Cc1cc(NCC(O)C(F)(F)F)c2ccccc2c1Oc1ncccc1-c1ccnc(NC2CNC[C@H](C)C2)n1. The average Bonchev–Trinajstić information content (AvgIpc) is 2.93. The van der Waals surface area contributed by atoms with Crippen LogP contribution >= 0.6 is 0 Å². The normalized spacial score (nSPS) is 18.4. The zero-order chi connectivity index (χ0) is 28.3. The third kappa shape index (κ3) is 6.26. The Balaban J connectivity index is 1.44. The zero-order valence-corrected chi connectivity index (χ0v) is 22.2. The molecule has 210 valence electrons. The highest BCUT2D eigenvalue weighted by Crippen LogP contribution is 2.39. The van der Waals surface area contributed by atoms with Crippen LogP contribution in [0, 0.1) is 12.8 Å². The summed E-state index contributed by atoms with van der Waals surface area (Å²) in [6, 6.07) is 14.6. The van der Waals surface area contributed by atoms with E-state index in [9.17, 15) is 18.3 Å². The van der Waals surface area contributed by atoms with E-state index in [4.69, 9.17) is 9.72 Å². The van der Waals surface area contributed by atoms with Gasteiger partial charge >= 0.3 is 6.18 Å². The number of piperidine rings is 1. The first-order valence-corrected chi connectivity index (χ1v) is 13.1. The summed E-state index contributed by atoms with van der Waals surface area (Å²) in [7, 11) is 0. The van der Waals surface area contributed by atoms with Crippen LogP contribution < -0.4 is 20.7 Å². The number of pyridine rings is 1. The molecule has 4 N–H and O–H groups in total. The van der Waals surface area contributed by atoms with Crippen LogP contribution in [0.5, 0.6) is 11.6 Å². The molecule has 11 heteroatoms. The van der Waals surface area contributed by atoms with E-state index in [0.717, 1.165) is 19.5 Å². The number of aromatic nitrogens is 3. The van der Waals surface area contributed by atoms with Crippen molar-refractivity contribution in [1.29, 1.82) is 0 Å². The quantitative estimate of drug-likeness (QED) is 0.226. The van der Waals surface area contributed by atoms with E-state index in [1.165, 1.54) is 0 Å². The summed E-state index contributed by atoms with van der Waals surface area (Å²) in [6.45, 7) is 5.18. The Kier molecular flexibility index (Phi) is 8.04. The van der Waals surface area contributed by atoms with Crippen LogP contribution in [0.15, 0.2) is 60.9 Å². The van der Waals surface area contributed by atoms with Crippen LogP contribution in [0.4, 0.5) is 24.8 Å². The molecule has 5 rings (SSSR count). The van der Waals surface area contributed by atoms with E-state index < -0.39 is 18.8 Å². The molecule has 0 amide bonds. The summed E-state index contributed by atoms with van der Waals surface area (Å²) >= 11 is 0. The number of nitrogens with zero attached hydrogens (tertiary/aromatic N) is 3. The average molecular weight is 553 g/mol. The lowest BCUT2D eigenvalue weighted by molar-refractivity contribution is -0.198. The van der Waals surface area contributed by atoms with Gasteiger partial charge in [-0.2, -0.15) is 13.2 Å². The monoisotopic (exact) mass is 552 g/mol. The highest BCUT2D eigenvalue weighted by Gasteiger charge is 2.38. The Morgan fingerprint density at radius 2 is 1.88 bits per heavy atom. The molecule has 3 atom stereocenters. The molecule has 1 aliphatic rings. The predicted molar refractivity (Wildman–Crippen MR) is 149 cm³/mol. The maximum absolute atomic E-state index is 12.9. The lowest BCUT2D eigenvalue weighted by Gasteiger charge is -2.28. The third-order valence-electron chi connectivity index (χ3n) is 6.85. The van der Waals surface area contributed by atoms with Crippen LogP contribution in [-0.2, 0) is 0 Å². The molecule has 0 saturated carbocycles. The molecule has 40 heavy (non-hydrogen) atoms. The minimum absolute atomic E-state index is 0.224. The smallest absolute Gasteiger partial charge is 0.416 e. The minimum Gasteiger partial charge on any atom is -0.437 e. The Bertz CT molecular complexity index is 1480. The van der Waals surface area contributed by atoms with Gasteiger partial charge < -0.3 is 25.8 Å². The standard InChI is InChI=1S/C29H31F3N6O2/c1-17-12-19(15-33-14-17)37-28-35-11-9-23(38-28)22-8-5-10-34-27(22)40-26-18(2)13-24(20-6-3-4-7-21(20)26)36-16-25(39)29(30,31)32/h3-11,13,17,19,25,33,36,39H,12,14-16H2,1-2H3,(H,35,37,38)/t17-,19?,25?/m1/s1. The molecule has 1 aliphatic heterocycles. The molecule has 4 aromatic rings. The van der Waals surface area contributed by atoms with E-state index in [1.807, 2.05) is 25.1 Å². The molecule has 2 unspecified atom stereocenters. The van der Waals surface area contributed by atoms with Crippen LogP contribution in [0.25, 0.3) is 22.0 Å². The van der Waals surface area contributed by atoms with E-state index in [1.54, 1.807) is 42.7 Å². The number of fused-ring (bicyclic) bond motifs is 1. The molecule has 1 saturated heterocycles. The third-order valence-corrected chi connectivity index (χ3v) is 6.85. The van der Waals surface area contributed by atoms with Crippen LogP contribution in [0.1, 0.15) is 18.9 Å². The first-order valence-electron chi connectivity index (χ1n) is 13.1. The molecule has 1 fully saturated rings. The molecule has 0 bridgehead atoms. The van der Waals surface area contributed by atoms with Crippen LogP contribution in [0.3, 0.4) is 0 Å². The van der Waals surface area contributed by atoms with Crippen molar-refractivity contribution in [3.63, 3.8) is 0 Å². The number of alkyl halides is 3. The van der Waals surface area contributed by atoms with Gasteiger partial charge in [-0.15, -0.1) is 0 Å². The lowest BCUT2D eigenvalue weighted by atomic mass is 9.98. The first-order chi connectivity index (χ1) is 19.2. The van der Waals surface area contributed by atoms with Gasteiger partial charge in [-0.3, -0.25) is 0 Å². The maximum atomic E-state index is 12.9. The number of halogens is 3. The number of nitrogens with one attached hydrogen (secondary N) is 3. The first kappa shape index (κ1) is 27.6. The summed E-state index contributed by atoms with van der Waals surface area (Å²) < 4.78 is 45.0. The topological polar surface area (TPSA) is 104 Å². The summed E-state index contributed by atoms with van der Waals surface area (Å²) in [5, 5.41) is 20.4. The van der Waals surface area contributed by atoms with E-state index in [2.05, 4.69) is 32.8 Å². The van der Waals surface area contributed by atoms with Gasteiger partial charge in [0, 0.05) is 48.0 Å². The van der Waals surface area contributed by atoms with Crippen molar-refractivity contribution in [3.05, 3.63) is 66.5 Å². The number of aliphatic hydroxyl groups is 1.